The number of fused-ring (bicyclic) bond motifs is 1. The van der Waals surface area contributed by atoms with Crippen molar-refractivity contribution in [2.45, 2.75) is 31.8 Å². The van der Waals surface area contributed by atoms with Gasteiger partial charge in [-0.3, -0.25) is 4.79 Å². The van der Waals surface area contributed by atoms with Crippen molar-refractivity contribution in [1.82, 2.24) is 14.3 Å². The van der Waals surface area contributed by atoms with Crippen LogP contribution in [0.2, 0.25) is 0 Å². The van der Waals surface area contributed by atoms with Crippen LogP contribution in [0.5, 0.6) is 5.75 Å². The Morgan fingerprint density at radius 1 is 0.963 bits per heavy atom. The van der Waals surface area contributed by atoms with Crippen LogP contribution in [0.15, 0.2) is 55.1 Å². The third-order valence-electron chi connectivity index (χ3n) is 5.58. The molecule has 1 saturated heterocycles. The Kier molecular flexibility index (Phi) is 4.07. The lowest BCUT2D eigenvalue weighted by Crippen LogP contribution is -2.42. The molecule has 2 aromatic heterocycles. The lowest BCUT2D eigenvalue weighted by molar-refractivity contribution is -0.134. The summed E-state index contributed by atoms with van der Waals surface area (Å²) in [5, 5.41) is 0. The monoisotopic (exact) mass is 361 g/mol. The van der Waals surface area contributed by atoms with Gasteiger partial charge < -0.3 is 14.0 Å². The van der Waals surface area contributed by atoms with Gasteiger partial charge in [-0.1, -0.05) is 18.2 Å². The third-order valence-corrected chi connectivity index (χ3v) is 5.58. The van der Waals surface area contributed by atoms with Crippen molar-refractivity contribution in [2.24, 2.45) is 5.92 Å². The van der Waals surface area contributed by atoms with E-state index in [0.717, 1.165) is 61.2 Å². The molecule has 1 aliphatic heterocycles. The first-order chi connectivity index (χ1) is 13.3. The Labute approximate surface area is 158 Å². The standard InChI is InChI=1S/C22H23N3O2/c26-22(17-1-2-17)24-11-9-21(10-12-24)27-20-7-4-16(5-8-20)18-3-6-19-13-23-15-25(19)14-18/h3-8,13-15,17,21H,1-2,9-12H2. The van der Waals surface area contributed by atoms with Crippen LogP contribution < -0.4 is 4.74 Å². The summed E-state index contributed by atoms with van der Waals surface area (Å²) in [5.74, 6) is 1.57. The highest BCUT2D eigenvalue weighted by Gasteiger charge is 2.35. The van der Waals surface area contributed by atoms with Crippen molar-refractivity contribution in [3.05, 3.63) is 55.1 Å². The fraction of sp³-hybridized carbons (Fsp3) is 0.364. The van der Waals surface area contributed by atoms with Gasteiger partial charge in [0.05, 0.1) is 18.0 Å². The lowest BCUT2D eigenvalue weighted by Gasteiger charge is -2.32. The molecule has 0 unspecified atom stereocenters. The fourth-order valence-corrected chi connectivity index (χ4v) is 3.79. The Morgan fingerprint density at radius 3 is 2.44 bits per heavy atom. The smallest absolute Gasteiger partial charge is 0.225 e. The molecule has 1 saturated carbocycles. The van der Waals surface area contributed by atoms with Gasteiger partial charge in [0.2, 0.25) is 5.91 Å². The number of carbonyl (C=O) groups excluding carboxylic acids is 1. The van der Waals surface area contributed by atoms with Crippen LogP contribution in [-0.4, -0.2) is 39.4 Å². The molecule has 0 atom stereocenters. The van der Waals surface area contributed by atoms with Crippen LogP contribution in [0, 0.1) is 5.92 Å². The van der Waals surface area contributed by atoms with Gasteiger partial charge in [-0.15, -0.1) is 0 Å². The van der Waals surface area contributed by atoms with Crippen molar-refractivity contribution < 1.29 is 9.53 Å². The van der Waals surface area contributed by atoms with Crippen LogP contribution in [0.1, 0.15) is 25.7 Å². The van der Waals surface area contributed by atoms with Gasteiger partial charge in [0.15, 0.2) is 0 Å². The number of rotatable bonds is 4. The summed E-state index contributed by atoms with van der Waals surface area (Å²) in [6, 6.07) is 12.5. The normalized spacial score (nSPS) is 18.0. The van der Waals surface area contributed by atoms with E-state index in [4.69, 9.17) is 4.74 Å². The molecule has 3 heterocycles. The zero-order valence-electron chi connectivity index (χ0n) is 15.3. The van der Waals surface area contributed by atoms with E-state index in [0.29, 0.717) is 11.8 Å². The number of amides is 1. The third kappa shape index (κ3) is 3.42. The maximum Gasteiger partial charge on any atom is 0.225 e. The molecule has 2 fully saturated rings. The van der Waals surface area contributed by atoms with E-state index in [9.17, 15) is 4.79 Å². The number of hydrogen-bond donors (Lipinski definition) is 0. The largest absolute Gasteiger partial charge is 0.490 e. The molecule has 27 heavy (non-hydrogen) atoms. The zero-order valence-corrected chi connectivity index (χ0v) is 15.3. The van der Waals surface area contributed by atoms with E-state index < -0.39 is 0 Å². The van der Waals surface area contributed by atoms with E-state index in [1.165, 1.54) is 0 Å². The first kappa shape index (κ1) is 16.4. The first-order valence-electron chi connectivity index (χ1n) is 9.74. The fourth-order valence-electron chi connectivity index (χ4n) is 3.79. The number of imidazole rings is 1. The summed E-state index contributed by atoms with van der Waals surface area (Å²) < 4.78 is 8.18. The second-order valence-electron chi connectivity index (χ2n) is 7.58. The molecule has 1 aromatic carbocycles. The van der Waals surface area contributed by atoms with Gasteiger partial charge in [0.1, 0.15) is 11.9 Å². The lowest BCUT2D eigenvalue weighted by atomic mass is 10.1. The molecular formula is C22H23N3O2. The van der Waals surface area contributed by atoms with E-state index in [1.54, 1.807) is 0 Å². The number of piperidine rings is 1. The highest BCUT2D eigenvalue weighted by molar-refractivity contribution is 5.81. The van der Waals surface area contributed by atoms with E-state index in [-0.39, 0.29) is 6.10 Å². The first-order valence-corrected chi connectivity index (χ1v) is 9.74. The van der Waals surface area contributed by atoms with Crippen molar-refractivity contribution >= 4 is 11.4 Å². The molecule has 2 aliphatic rings. The Hall–Kier alpha value is -2.82. The quantitative estimate of drug-likeness (QED) is 0.710. The zero-order chi connectivity index (χ0) is 18.2. The SMILES string of the molecule is O=C(C1CC1)N1CCC(Oc2ccc(-c3ccc4cncn4c3)cc2)CC1. The Bertz CT molecular complexity index is 951. The number of hydrogen-bond acceptors (Lipinski definition) is 3. The Balaban J connectivity index is 1.21. The van der Waals surface area contributed by atoms with E-state index >= 15 is 0 Å². The maximum absolute atomic E-state index is 12.1. The molecule has 0 radical (unpaired) electrons. The topological polar surface area (TPSA) is 46.8 Å². The van der Waals surface area contributed by atoms with Crippen molar-refractivity contribution in [3.8, 4) is 16.9 Å². The summed E-state index contributed by atoms with van der Waals surface area (Å²) in [6.45, 7) is 1.64. The number of ether oxygens (including phenoxy) is 1. The van der Waals surface area contributed by atoms with Gasteiger partial charge in [0, 0.05) is 38.0 Å². The minimum Gasteiger partial charge on any atom is -0.490 e. The average molecular weight is 361 g/mol. The summed E-state index contributed by atoms with van der Waals surface area (Å²) in [6.07, 6.45) is 9.94. The van der Waals surface area contributed by atoms with Gasteiger partial charge in [-0.25, -0.2) is 4.98 Å². The highest BCUT2D eigenvalue weighted by Crippen LogP contribution is 2.32. The van der Waals surface area contributed by atoms with Crippen LogP contribution in [0.4, 0.5) is 0 Å². The Morgan fingerprint density at radius 2 is 1.70 bits per heavy atom. The molecule has 5 nitrogen and oxygen atoms in total. The number of pyridine rings is 1. The van der Waals surface area contributed by atoms with Crippen LogP contribution in [0.25, 0.3) is 16.6 Å². The van der Waals surface area contributed by atoms with Crippen molar-refractivity contribution in [2.75, 3.05) is 13.1 Å². The number of aromatic nitrogens is 2. The predicted octanol–water partition coefficient (Wildman–Crippen LogP) is 3.78. The van der Waals surface area contributed by atoms with Crippen molar-refractivity contribution in [1.29, 1.82) is 0 Å². The van der Waals surface area contributed by atoms with Gasteiger partial charge in [-0.2, -0.15) is 0 Å². The molecular weight excluding hydrogens is 338 g/mol. The molecule has 138 valence electrons. The van der Waals surface area contributed by atoms with Crippen LogP contribution >= 0.6 is 0 Å². The molecule has 5 rings (SSSR count). The van der Waals surface area contributed by atoms with Crippen LogP contribution in [0.3, 0.4) is 0 Å². The van der Waals surface area contributed by atoms with Gasteiger partial charge >= 0.3 is 0 Å². The molecule has 1 amide bonds. The van der Waals surface area contributed by atoms with E-state index in [1.807, 2.05) is 34.0 Å². The number of benzene rings is 1. The molecule has 5 heteroatoms. The number of nitrogens with zero attached hydrogens (tertiary/aromatic N) is 3. The summed E-state index contributed by atoms with van der Waals surface area (Å²) in [4.78, 5) is 18.3. The number of carbonyl (C=O) groups is 1. The molecule has 0 spiro atoms. The van der Waals surface area contributed by atoms with Gasteiger partial charge in [0.25, 0.3) is 0 Å². The maximum atomic E-state index is 12.1. The summed E-state index contributed by atoms with van der Waals surface area (Å²) in [5.41, 5.74) is 3.40. The minimum absolute atomic E-state index is 0.196. The second-order valence-corrected chi connectivity index (χ2v) is 7.58. The average Bonchev–Trinajstić information content (AvgIpc) is 3.46. The molecule has 0 N–H and O–H groups in total. The summed E-state index contributed by atoms with van der Waals surface area (Å²) in [7, 11) is 0. The number of likely N-dealkylation sites (tertiary alicyclic amines) is 1. The predicted molar refractivity (Wildman–Crippen MR) is 104 cm³/mol. The highest BCUT2D eigenvalue weighted by atomic mass is 16.5. The molecule has 1 aliphatic carbocycles. The molecule has 3 aromatic rings. The van der Waals surface area contributed by atoms with Crippen molar-refractivity contribution in [3.63, 3.8) is 0 Å². The van der Waals surface area contributed by atoms with Crippen LogP contribution in [-0.2, 0) is 4.79 Å². The molecule has 0 bridgehead atoms. The summed E-state index contributed by atoms with van der Waals surface area (Å²) >= 11 is 0. The minimum atomic E-state index is 0.196. The van der Waals surface area contributed by atoms with Gasteiger partial charge in [-0.05, 0) is 42.2 Å². The van der Waals surface area contributed by atoms with E-state index in [2.05, 4.69) is 35.4 Å². The second kappa shape index (κ2) is 6.72.